The molecule has 0 amide bonds. The fourth-order valence-electron chi connectivity index (χ4n) is 1.67. The topological polar surface area (TPSA) is 9.23 Å². The first-order valence-corrected chi connectivity index (χ1v) is 11.2. The van der Waals surface area contributed by atoms with Crippen LogP contribution in [0.4, 0.5) is 0 Å². The van der Waals surface area contributed by atoms with Crippen LogP contribution in [0, 0.1) is 0 Å². The first-order valence-electron chi connectivity index (χ1n) is 6.24. The molecule has 0 spiro atoms. The quantitative estimate of drug-likeness (QED) is 0.761. The normalized spacial score (nSPS) is 15.8. The third kappa shape index (κ3) is 2.78. The molecule has 1 aromatic carbocycles. The third-order valence-electron chi connectivity index (χ3n) is 3.84. The molecule has 0 aromatic heterocycles. The Kier molecular flexibility index (Phi) is 3.46. The van der Waals surface area contributed by atoms with E-state index in [0.717, 1.165) is 5.75 Å². The van der Waals surface area contributed by atoms with Crippen LogP contribution in [0.15, 0.2) is 18.2 Å². The SMILES string of the molecule is CC(C)(C)[Si](C)(C)Oc1ccc2c(c1)CC[Se]2. The van der Waals surface area contributed by atoms with Gasteiger partial charge in [-0.25, -0.2) is 0 Å². The van der Waals surface area contributed by atoms with Gasteiger partial charge in [0, 0.05) is 0 Å². The number of rotatable bonds is 2. The molecule has 0 aliphatic carbocycles. The molecule has 0 saturated heterocycles. The van der Waals surface area contributed by atoms with E-state index in [9.17, 15) is 0 Å². The molecule has 1 aliphatic heterocycles. The molecule has 0 radical (unpaired) electrons. The van der Waals surface area contributed by atoms with E-state index in [4.69, 9.17) is 4.43 Å². The predicted octanol–water partition coefficient (Wildman–Crippen LogP) is 3.37. The Bertz CT molecular complexity index is 421. The molecule has 94 valence electrons. The van der Waals surface area contributed by atoms with E-state index in [1.165, 1.54) is 17.3 Å². The standard InChI is InChI=1S/C14H22OSeSi/c1-14(2,3)17(4,5)15-12-6-7-13-11(10-12)8-9-16-13/h6-7,10H,8-9H2,1-5H3. The summed E-state index contributed by atoms with van der Waals surface area (Å²) in [6.07, 6.45) is 1.25. The molecule has 0 fully saturated rings. The van der Waals surface area contributed by atoms with Crippen molar-refractivity contribution in [3.05, 3.63) is 23.8 Å². The van der Waals surface area contributed by atoms with Gasteiger partial charge in [0.1, 0.15) is 0 Å². The minimum atomic E-state index is -1.67. The second kappa shape index (κ2) is 4.45. The summed E-state index contributed by atoms with van der Waals surface area (Å²) in [5.74, 6) is 1.09. The van der Waals surface area contributed by atoms with Crippen molar-refractivity contribution in [2.75, 3.05) is 0 Å². The van der Waals surface area contributed by atoms with E-state index in [-0.39, 0.29) is 5.04 Å². The van der Waals surface area contributed by atoms with Crippen molar-refractivity contribution in [3.63, 3.8) is 0 Å². The summed E-state index contributed by atoms with van der Waals surface area (Å²) < 4.78 is 7.92. The van der Waals surface area contributed by atoms with Crippen molar-refractivity contribution in [2.45, 2.75) is 50.6 Å². The number of aryl methyl sites for hydroxylation is 1. The van der Waals surface area contributed by atoms with Crippen molar-refractivity contribution in [3.8, 4) is 5.75 Å². The molecule has 0 saturated carbocycles. The fourth-order valence-corrected chi connectivity index (χ4v) is 4.90. The molecule has 0 unspecified atom stereocenters. The molecular formula is C14H22OSeSi. The minimum absolute atomic E-state index is 0.274. The van der Waals surface area contributed by atoms with Crippen LogP contribution in [0.2, 0.25) is 23.5 Å². The van der Waals surface area contributed by atoms with Gasteiger partial charge >= 0.3 is 112 Å². The van der Waals surface area contributed by atoms with Crippen LogP contribution in [-0.4, -0.2) is 23.3 Å². The average molecular weight is 313 g/mol. The molecule has 0 atom stereocenters. The second-order valence-electron chi connectivity index (χ2n) is 6.23. The number of hydrogen-bond donors (Lipinski definition) is 0. The van der Waals surface area contributed by atoms with Crippen LogP contribution in [0.3, 0.4) is 0 Å². The van der Waals surface area contributed by atoms with Crippen LogP contribution >= 0.6 is 0 Å². The Morgan fingerprint density at radius 3 is 2.59 bits per heavy atom. The Labute approximate surface area is 112 Å². The Hall–Kier alpha value is -0.244. The van der Waals surface area contributed by atoms with Gasteiger partial charge in [-0.15, -0.1) is 0 Å². The molecule has 17 heavy (non-hydrogen) atoms. The van der Waals surface area contributed by atoms with Crippen LogP contribution in [0.25, 0.3) is 0 Å². The van der Waals surface area contributed by atoms with Crippen LogP contribution in [0.5, 0.6) is 5.75 Å². The van der Waals surface area contributed by atoms with Gasteiger partial charge < -0.3 is 0 Å². The van der Waals surface area contributed by atoms with Crippen molar-refractivity contribution in [1.29, 1.82) is 0 Å². The van der Waals surface area contributed by atoms with Crippen LogP contribution < -0.4 is 8.89 Å². The molecule has 1 aliphatic rings. The van der Waals surface area contributed by atoms with Gasteiger partial charge in [0.25, 0.3) is 0 Å². The summed E-state index contributed by atoms with van der Waals surface area (Å²) in [6, 6.07) is 6.74. The second-order valence-corrected chi connectivity index (χ2v) is 13.3. The van der Waals surface area contributed by atoms with Crippen molar-refractivity contribution < 1.29 is 4.43 Å². The summed E-state index contributed by atoms with van der Waals surface area (Å²) in [7, 11) is -1.67. The zero-order valence-corrected chi connectivity index (χ0v) is 14.2. The fraction of sp³-hybridized carbons (Fsp3) is 0.571. The summed E-state index contributed by atoms with van der Waals surface area (Å²) in [6.45, 7) is 11.5. The predicted molar refractivity (Wildman–Crippen MR) is 78.2 cm³/mol. The van der Waals surface area contributed by atoms with Gasteiger partial charge in [0.05, 0.1) is 0 Å². The number of fused-ring (bicyclic) bond motifs is 1. The van der Waals surface area contributed by atoms with Gasteiger partial charge in [0.15, 0.2) is 0 Å². The monoisotopic (exact) mass is 314 g/mol. The van der Waals surface area contributed by atoms with Crippen LogP contribution in [-0.2, 0) is 6.42 Å². The van der Waals surface area contributed by atoms with Crippen LogP contribution in [0.1, 0.15) is 26.3 Å². The van der Waals surface area contributed by atoms with Gasteiger partial charge in [0.2, 0.25) is 0 Å². The summed E-state index contributed by atoms with van der Waals surface area (Å²) in [5.41, 5.74) is 1.53. The maximum atomic E-state index is 6.34. The van der Waals surface area contributed by atoms with E-state index >= 15 is 0 Å². The number of benzene rings is 1. The molecule has 1 aromatic rings. The van der Waals surface area contributed by atoms with E-state index in [2.05, 4.69) is 52.1 Å². The molecule has 3 heteroatoms. The molecule has 1 nitrogen and oxygen atoms in total. The zero-order chi connectivity index (χ0) is 12.7. The molecule has 2 rings (SSSR count). The zero-order valence-electron chi connectivity index (χ0n) is 11.5. The van der Waals surface area contributed by atoms with Crippen molar-refractivity contribution in [1.82, 2.24) is 0 Å². The molecular weight excluding hydrogens is 291 g/mol. The van der Waals surface area contributed by atoms with E-state index in [1.54, 1.807) is 4.46 Å². The summed E-state index contributed by atoms with van der Waals surface area (Å²) >= 11 is 0.713. The first-order chi connectivity index (χ1) is 7.79. The Morgan fingerprint density at radius 1 is 1.24 bits per heavy atom. The van der Waals surface area contributed by atoms with Gasteiger partial charge in [-0.2, -0.15) is 0 Å². The maximum absolute atomic E-state index is 6.34. The molecule has 0 bridgehead atoms. The van der Waals surface area contributed by atoms with E-state index in [0.29, 0.717) is 15.0 Å². The Morgan fingerprint density at radius 2 is 1.94 bits per heavy atom. The first kappa shape index (κ1) is 13.2. The third-order valence-corrected chi connectivity index (χ3v) is 10.5. The number of hydrogen-bond acceptors (Lipinski definition) is 1. The van der Waals surface area contributed by atoms with Gasteiger partial charge in [-0.1, -0.05) is 0 Å². The molecule has 0 N–H and O–H groups in total. The van der Waals surface area contributed by atoms with E-state index in [1.807, 2.05) is 0 Å². The van der Waals surface area contributed by atoms with Crippen molar-refractivity contribution in [2.24, 2.45) is 0 Å². The average Bonchev–Trinajstić information content (AvgIpc) is 2.62. The molecule has 1 heterocycles. The van der Waals surface area contributed by atoms with Gasteiger partial charge in [-0.05, 0) is 0 Å². The summed E-state index contributed by atoms with van der Waals surface area (Å²) in [4.78, 5) is 0. The van der Waals surface area contributed by atoms with E-state index < -0.39 is 8.32 Å². The van der Waals surface area contributed by atoms with Crippen molar-refractivity contribution >= 4 is 27.7 Å². The van der Waals surface area contributed by atoms with Gasteiger partial charge in [-0.3, -0.25) is 0 Å². The Balaban J connectivity index is 2.20. The summed E-state index contributed by atoms with van der Waals surface area (Å²) in [5, 5.41) is 1.64.